The fraction of sp³-hybridized carbons (Fsp3) is 0.474. The number of rotatable bonds is 4. The molecule has 1 aromatic heterocycles. The van der Waals surface area contributed by atoms with E-state index in [-0.39, 0.29) is 11.9 Å². The standard InChI is InChI=1S/C19H21F2N3O3/c1-22-11-2-3-12(22)9-24(8-11)17-7-16-13(6-15(17)21)18(25)14(19(26)27)10-23(16)5-4-20/h6-7,10-12H,2-5,8-9H2,1H3,(H,26,27)/t11-,12+. The number of piperazine rings is 1. The molecule has 2 saturated heterocycles. The maximum Gasteiger partial charge on any atom is 0.341 e. The Bertz CT molecular complexity index is 961. The number of aromatic nitrogens is 1. The van der Waals surface area contributed by atoms with Gasteiger partial charge in [-0.1, -0.05) is 0 Å². The number of carboxylic acid groups (broad SMARTS) is 1. The van der Waals surface area contributed by atoms with Gasteiger partial charge in [-0.15, -0.1) is 0 Å². The maximum atomic E-state index is 14.9. The highest BCUT2D eigenvalue weighted by atomic mass is 19.1. The van der Waals surface area contributed by atoms with E-state index in [0.717, 1.165) is 25.1 Å². The molecule has 27 heavy (non-hydrogen) atoms. The first-order valence-electron chi connectivity index (χ1n) is 9.03. The first-order chi connectivity index (χ1) is 12.9. The molecule has 4 rings (SSSR count). The first kappa shape index (κ1) is 17.9. The van der Waals surface area contributed by atoms with Gasteiger partial charge >= 0.3 is 5.97 Å². The van der Waals surface area contributed by atoms with Crippen LogP contribution in [0.1, 0.15) is 23.2 Å². The van der Waals surface area contributed by atoms with Crippen LogP contribution in [0.2, 0.25) is 0 Å². The molecule has 0 amide bonds. The van der Waals surface area contributed by atoms with E-state index in [1.54, 1.807) is 6.07 Å². The predicted molar refractivity (Wildman–Crippen MR) is 97.9 cm³/mol. The Labute approximate surface area is 154 Å². The molecule has 2 aliphatic rings. The second-order valence-electron chi connectivity index (χ2n) is 7.34. The average Bonchev–Trinajstić information content (AvgIpc) is 2.83. The number of carbonyl (C=O) groups is 1. The van der Waals surface area contributed by atoms with Gasteiger partial charge in [-0.05, 0) is 32.0 Å². The SMILES string of the molecule is CN1[C@@H]2CC[C@H]1CN(c1cc3c(cc1F)c(=O)c(C(=O)O)cn3CCF)C2. The zero-order valence-corrected chi connectivity index (χ0v) is 15.0. The van der Waals surface area contributed by atoms with Gasteiger partial charge in [0.15, 0.2) is 0 Å². The van der Waals surface area contributed by atoms with Gasteiger partial charge in [0.05, 0.1) is 17.7 Å². The van der Waals surface area contributed by atoms with Crippen molar-refractivity contribution in [3.63, 3.8) is 0 Å². The van der Waals surface area contributed by atoms with Crippen molar-refractivity contribution in [1.29, 1.82) is 0 Å². The quantitative estimate of drug-likeness (QED) is 0.884. The summed E-state index contributed by atoms with van der Waals surface area (Å²) < 4.78 is 29.3. The number of hydrogen-bond acceptors (Lipinski definition) is 4. The molecule has 1 N–H and O–H groups in total. The molecule has 2 fully saturated rings. The number of benzene rings is 1. The molecule has 144 valence electrons. The monoisotopic (exact) mass is 377 g/mol. The average molecular weight is 377 g/mol. The van der Waals surface area contributed by atoms with Gasteiger partial charge in [0.1, 0.15) is 18.1 Å². The van der Waals surface area contributed by atoms with E-state index in [0.29, 0.717) is 36.4 Å². The molecule has 8 heteroatoms. The summed E-state index contributed by atoms with van der Waals surface area (Å²) in [5.74, 6) is -1.97. The van der Waals surface area contributed by atoms with E-state index in [1.165, 1.54) is 4.57 Å². The van der Waals surface area contributed by atoms with Gasteiger partial charge in [-0.2, -0.15) is 0 Å². The Balaban J connectivity index is 1.85. The molecule has 0 spiro atoms. The zero-order valence-electron chi connectivity index (χ0n) is 15.0. The summed E-state index contributed by atoms with van der Waals surface area (Å²) in [5.41, 5.74) is -0.509. The third-order valence-corrected chi connectivity index (χ3v) is 5.89. The van der Waals surface area contributed by atoms with Crippen LogP contribution in [0.3, 0.4) is 0 Å². The third kappa shape index (κ3) is 2.88. The van der Waals surface area contributed by atoms with Gasteiger partial charge in [0.2, 0.25) is 5.43 Å². The topological polar surface area (TPSA) is 65.8 Å². The lowest BCUT2D eigenvalue weighted by Gasteiger charge is -2.40. The number of anilines is 1. The first-order valence-corrected chi connectivity index (χ1v) is 9.03. The summed E-state index contributed by atoms with van der Waals surface area (Å²) in [6.45, 7) is 0.560. The van der Waals surface area contributed by atoms with E-state index in [9.17, 15) is 23.5 Å². The second kappa shape index (κ2) is 6.60. The number of carboxylic acids is 1. The fourth-order valence-electron chi connectivity index (χ4n) is 4.38. The molecular weight excluding hydrogens is 356 g/mol. The van der Waals surface area contributed by atoms with Crippen molar-refractivity contribution in [3.8, 4) is 0 Å². The molecule has 0 unspecified atom stereocenters. The number of alkyl halides is 1. The number of pyridine rings is 1. The Morgan fingerprint density at radius 3 is 2.52 bits per heavy atom. The van der Waals surface area contributed by atoms with Gasteiger partial charge in [0.25, 0.3) is 0 Å². The third-order valence-electron chi connectivity index (χ3n) is 5.89. The van der Waals surface area contributed by atoms with Crippen LogP contribution in [0.5, 0.6) is 0 Å². The van der Waals surface area contributed by atoms with Crippen LogP contribution in [-0.2, 0) is 6.54 Å². The minimum Gasteiger partial charge on any atom is -0.477 e. The van der Waals surface area contributed by atoms with Gasteiger partial charge in [0, 0.05) is 36.8 Å². The largest absolute Gasteiger partial charge is 0.477 e. The number of nitrogens with zero attached hydrogens (tertiary/aromatic N) is 3. The van der Waals surface area contributed by atoms with Crippen molar-refractivity contribution in [1.82, 2.24) is 9.47 Å². The molecule has 2 bridgehead atoms. The van der Waals surface area contributed by atoms with Crippen molar-refractivity contribution in [2.24, 2.45) is 0 Å². The smallest absolute Gasteiger partial charge is 0.341 e. The van der Waals surface area contributed by atoms with Crippen LogP contribution in [0, 0.1) is 5.82 Å². The molecule has 1 aromatic carbocycles. The van der Waals surface area contributed by atoms with Crippen molar-refractivity contribution in [3.05, 3.63) is 39.9 Å². The van der Waals surface area contributed by atoms with Crippen molar-refractivity contribution in [2.45, 2.75) is 31.5 Å². The molecule has 0 radical (unpaired) electrons. The van der Waals surface area contributed by atoms with E-state index in [1.807, 2.05) is 4.90 Å². The summed E-state index contributed by atoms with van der Waals surface area (Å²) in [5, 5.41) is 9.18. The number of hydrogen-bond donors (Lipinski definition) is 1. The van der Waals surface area contributed by atoms with E-state index in [4.69, 9.17) is 0 Å². The Kier molecular flexibility index (Phi) is 4.38. The molecule has 6 nitrogen and oxygen atoms in total. The number of aromatic carboxylic acids is 1. The molecule has 0 aliphatic carbocycles. The number of aryl methyl sites for hydroxylation is 1. The molecule has 2 atom stereocenters. The molecule has 0 saturated carbocycles. The molecule has 2 aliphatic heterocycles. The van der Waals surface area contributed by atoms with Crippen LogP contribution in [0.25, 0.3) is 10.9 Å². The maximum absolute atomic E-state index is 14.9. The summed E-state index contributed by atoms with van der Waals surface area (Å²) in [4.78, 5) is 28.1. The molecule has 3 heterocycles. The minimum absolute atomic E-state index is 0.0401. The molecular formula is C19H21F2N3O3. The van der Waals surface area contributed by atoms with Crippen LogP contribution in [0.4, 0.5) is 14.5 Å². The highest BCUT2D eigenvalue weighted by Gasteiger charge is 2.38. The van der Waals surface area contributed by atoms with Crippen LogP contribution in [0.15, 0.2) is 23.1 Å². The molecule has 2 aromatic rings. The Morgan fingerprint density at radius 2 is 1.93 bits per heavy atom. The lowest BCUT2D eigenvalue weighted by Crippen LogP contribution is -2.52. The summed E-state index contributed by atoms with van der Waals surface area (Å²) in [6.07, 6.45) is 3.28. The lowest BCUT2D eigenvalue weighted by molar-refractivity contribution is 0.0694. The van der Waals surface area contributed by atoms with Gasteiger partial charge in [-0.3, -0.25) is 9.69 Å². The van der Waals surface area contributed by atoms with Crippen molar-refractivity contribution >= 4 is 22.6 Å². The van der Waals surface area contributed by atoms with Crippen molar-refractivity contribution in [2.75, 3.05) is 31.7 Å². The van der Waals surface area contributed by atoms with Gasteiger partial charge < -0.3 is 14.6 Å². The summed E-state index contributed by atoms with van der Waals surface area (Å²) >= 11 is 0. The predicted octanol–water partition coefficient (Wildman–Crippen LogP) is 2.09. The number of fused-ring (bicyclic) bond motifs is 3. The van der Waals surface area contributed by atoms with Crippen LogP contribution < -0.4 is 10.3 Å². The van der Waals surface area contributed by atoms with Gasteiger partial charge in [-0.25, -0.2) is 13.6 Å². The number of halogens is 2. The normalized spacial score (nSPS) is 22.6. The Hall–Kier alpha value is -2.48. The van der Waals surface area contributed by atoms with Crippen LogP contribution >= 0.6 is 0 Å². The van der Waals surface area contributed by atoms with E-state index >= 15 is 0 Å². The lowest BCUT2D eigenvalue weighted by atomic mass is 10.1. The van der Waals surface area contributed by atoms with E-state index in [2.05, 4.69) is 11.9 Å². The van der Waals surface area contributed by atoms with Crippen molar-refractivity contribution < 1.29 is 18.7 Å². The fourth-order valence-corrected chi connectivity index (χ4v) is 4.38. The van der Waals surface area contributed by atoms with E-state index < -0.39 is 29.5 Å². The summed E-state index contributed by atoms with van der Waals surface area (Å²) in [6, 6.07) is 3.37. The second-order valence-corrected chi connectivity index (χ2v) is 7.34. The Morgan fingerprint density at radius 1 is 1.26 bits per heavy atom. The highest BCUT2D eigenvalue weighted by Crippen LogP contribution is 2.33. The zero-order chi connectivity index (χ0) is 19.3. The highest BCUT2D eigenvalue weighted by molar-refractivity contribution is 5.93. The minimum atomic E-state index is -1.41. The number of likely N-dealkylation sites (N-methyl/N-ethyl adjacent to an activating group) is 1. The summed E-state index contributed by atoms with van der Waals surface area (Å²) in [7, 11) is 2.09. The van der Waals surface area contributed by atoms with Crippen LogP contribution in [-0.4, -0.2) is 59.4 Å².